The molecule has 0 aromatic heterocycles. The van der Waals surface area contributed by atoms with Crippen LogP contribution in [0.3, 0.4) is 0 Å². The second-order valence-corrected chi connectivity index (χ2v) is 4.99. The number of nitriles is 1. The zero-order valence-corrected chi connectivity index (χ0v) is 11.0. The fourth-order valence-electron chi connectivity index (χ4n) is 3.04. The zero-order chi connectivity index (χ0) is 14.5. The van der Waals surface area contributed by atoms with Gasteiger partial charge in [0.25, 0.3) is 0 Å². The normalized spacial score (nSPS) is 30.2. The second kappa shape index (κ2) is 3.97. The molecule has 3 atom stereocenters. The Morgan fingerprint density at radius 3 is 2.85 bits per heavy atom. The molecule has 2 heterocycles. The van der Waals surface area contributed by atoms with Gasteiger partial charge in [0.15, 0.2) is 12.1 Å². The van der Waals surface area contributed by atoms with Gasteiger partial charge in [0.1, 0.15) is 0 Å². The molecule has 1 aromatic carbocycles. The highest BCUT2D eigenvalue weighted by molar-refractivity contribution is 5.95. The van der Waals surface area contributed by atoms with Crippen LogP contribution in [0.2, 0.25) is 0 Å². The van der Waals surface area contributed by atoms with E-state index in [1.165, 1.54) is 12.0 Å². The number of fused-ring (bicyclic) bond motifs is 3. The van der Waals surface area contributed by atoms with E-state index in [-0.39, 0.29) is 0 Å². The Hall–Kier alpha value is -2.55. The SMILES string of the molecule is COC(=O)N1c2ccccc2[C@@]2(C)[C@@H](C#N)C(=O)O[C@@H]12. The number of hydrogen-bond donors (Lipinski definition) is 0. The molecule has 0 unspecified atom stereocenters. The number of esters is 1. The van der Waals surface area contributed by atoms with Gasteiger partial charge < -0.3 is 9.47 Å². The van der Waals surface area contributed by atoms with Crippen LogP contribution in [0.4, 0.5) is 10.5 Å². The monoisotopic (exact) mass is 272 g/mol. The van der Waals surface area contributed by atoms with Crippen LogP contribution in [0.5, 0.6) is 0 Å². The first-order valence-corrected chi connectivity index (χ1v) is 6.12. The molecule has 102 valence electrons. The summed E-state index contributed by atoms with van der Waals surface area (Å²) in [6.07, 6.45) is -1.46. The van der Waals surface area contributed by atoms with Crippen molar-refractivity contribution in [3.63, 3.8) is 0 Å². The number of carbonyl (C=O) groups is 2. The van der Waals surface area contributed by atoms with E-state index in [4.69, 9.17) is 9.47 Å². The van der Waals surface area contributed by atoms with Crippen molar-refractivity contribution in [1.29, 1.82) is 5.26 Å². The van der Waals surface area contributed by atoms with E-state index < -0.39 is 29.6 Å². The Kier molecular flexibility index (Phi) is 2.48. The summed E-state index contributed by atoms with van der Waals surface area (Å²) in [5.74, 6) is -1.55. The number of para-hydroxylation sites is 1. The van der Waals surface area contributed by atoms with Gasteiger partial charge in [-0.25, -0.2) is 9.69 Å². The summed E-state index contributed by atoms with van der Waals surface area (Å²) in [6, 6.07) is 9.13. The van der Waals surface area contributed by atoms with Gasteiger partial charge in [0.2, 0.25) is 0 Å². The van der Waals surface area contributed by atoms with Crippen molar-refractivity contribution in [2.75, 3.05) is 12.0 Å². The van der Waals surface area contributed by atoms with Crippen molar-refractivity contribution in [3.05, 3.63) is 29.8 Å². The number of nitrogens with zero attached hydrogens (tertiary/aromatic N) is 2. The molecule has 6 heteroatoms. The van der Waals surface area contributed by atoms with Gasteiger partial charge >= 0.3 is 12.1 Å². The molecule has 3 rings (SSSR count). The van der Waals surface area contributed by atoms with E-state index in [0.717, 1.165) is 5.56 Å². The minimum Gasteiger partial charge on any atom is -0.452 e. The number of ether oxygens (including phenoxy) is 2. The molecular weight excluding hydrogens is 260 g/mol. The third-order valence-corrected chi connectivity index (χ3v) is 4.06. The Balaban J connectivity index is 2.23. The molecule has 0 radical (unpaired) electrons. The van der Waals surface area contributed by atoms with Gasteiger partial charge in [0, 0.05) is 0 Å². The number of hydrogen-bond acceptors (Lipinski definition) is 5. The molecule has 1 amide bonds. The van der Waals surface area contributed by atoms with Crippen LogP contribution in [-0.2, 0) is 19.7 Å². The van der Waals surface area contributed by atoms with Crippen molar-refractivity contribution in [2.24, 2.45) is 5.92 Å². The van der Waals surface area contributed by atoms with Crippen LogP contribution >= 0.6 is 0 Å². The van der Waals surface area contributed by atoms with Crippen molar-refractivity contribution >= 4 is 17.7 Å². The van der Waals surface area contributed by atoms with Crippen molar-refractivity contribution in [2.45, 2.75) is 18.6 Å². The lowest BCUT2D eigenvalue weighted by molar-refractivity contribution is -0.142. The fraction of sp³-hybridized carbons (Fsp3) is 0.357. The molecule has 0 bridgehead atoms. The number of benzene rings is 1. The number of amides is 1. The number of rotatable bonds is 0. The average Bonchev–Trinajstić information content (AvgIpc) is 2.84. The van der Waals surface area contributed by atoms with E-state index in [0.29, 0.717) is 5.69 Å². The first-order chi connectivity index (χ1) is 9.55. The molecule has 1 fully saturated rings. The van der Waals surface area contributed by atoms with E-state index in [9.17, 15) is 14.9 Å². The van der Waals surface area contributed by atoms with Crippen LogP contribution in [-0.4, -0.2) is 25.4 Å². The first kappa shape index (κ1) is 12.5. The summed E-state index contributed by atoms with van der Waals surface area (Å²) in [6.45, 7) is 1.76. The van der Waals surface area contributed by atoms with Crippen molar-refractivity contribution in [3.8, 4) is 6.07 Å². The van der Waals surface area contributed by atoms with Crippen molar-refractivity contribution < 1.29 is 19.1 Å². The van der Waals surface area contributed by atoms with Gasteiger partial charge in [0.05, 0.1) is 24.3 Å². The second-order valence-electron chi connectivity index (χ2n) is 4.99. The van der Waals surface area contributed by atoms with E-state index in [1.54, 1.807) is 31.2 Å². The number of carbonyl (C=O) groups excluding carboxylic acids is 2. The summed E-state index contributed by atoms with van der Waals surface area (Å²) in [5.41, 5.74) is 0.476. The van der Waals surface area contributed by atoms with Crippen LogP contribution in [0.1, 0.15) is 12.5 Å². The van der Waals surface area contributed by atoms with Gasteiger partial charge in [-0.1, -0.05) is 18.2 Å². The maximum atomic E-state index is 12.0. The van der Waals surface area contributed by atoms with E-state index in [1.807, 2.05) is 6.07 Å². The molecule has 1 aromatic rings. The lowest BCUT2D eigenvalue weighted by Gasteiger charge is -2.26. The molecule has 0 saturated carbocycles. The Morgan fingerprint density at radius 2 is 2.20 bits per heavy atom. The minimum absolute atomic E-state index is 0.608. The molecule has 0 N–H and O–H groups in total. The van der Waals surface area contributed by atoms with Gasteiger partial charge in [-0.2, -0.15) is 5.26 Å². The smallest absolute Gasteiger partial charge is 0.417 e. The molecular formula is C14H12N2O4. The van der Waals surface area contributed by atoms with E-state index >= 15 is 0 Å². The highest BCUT2D eigenvalue weighted by atomic mass is 16.6. The quantitative estimate of drug-likeness (QED) is 0.669. The predicted molar refractivity (Wildman–Crippen MR) is 67.7 cm³/mol. The standard InChI is InChI=1S/C14H12N2O4/c1-14-8-5-3-4-6-10(8)16(13(18)19-2)12(14)20-11(17)9(14)7-15/h3-6,9,12H,1-2H3/t9-,12+,14-/m0/s1. The van der Waals surface area contributed by atoms with Gasteiger partial charge in [-0.3, -0.25) is 4.79 Å². The highest BCUT2D eigenvalue weighted by Gasteiger charge is 2.64. The number of anilines is 1. The number of methoxy groups -OCH3 is 1. The molecule has 0 aliphatic carbocycles. The first-order valence-electron chi connectivity index (χ1n) is 6.12. The van der Waals surface area contributed by atoms with Crippen LogP contribution < -0.4 is 4.90 Å². The minimum atomic E-state index is -0.941. The lowest BCUT2D eigenvalue weighted by atomic mass is 9.74. The zero-order valence-electron chi connectivity index (χ0n) is 11.0. The maximum Gasteiger partial charge on any atom is 0.417 e. The van der Waals surface area contributed by atoms with Crippen LogP contribution in [0.15, 0.2) is 24.3 Å². The summed E-state index contributed by atoms with van der Waals surface area (Å²) in [4.78, 5) is 25.2. The fourth-order valence-corrected chi connectivity index (χ4v) is 3.04. The Bertz CT molecular complexity index is 651. The summed E-state index contributed by atoms with van der Waals surface area (Å²) in [5, 5.41) is 9.27. The van der Waals surface area contributed by atoms with Crippen molar-refractivity contribution in [1.82, 2.24) is 0 Å². The summed E-state index contributed by atoms with van der Waals surface area (Å²) >= 11 is 0. The Morgan fingerprint density at radius 1 is 1.50 bits per heavy atom. The topological polar surface area (TPSA) is 79.6 Å². The molecule has 2 aliphatic rings. The molecule has 0 spiro atoms. The molecule has 1 saturated heterocycles. The van der Waals surface area contributed by atoms with Gasteiger partial charge in [-0.15, -0.1) is 0 Å². The summed E-state index contributed by atoms with van der Waals surface area (Å²) < 4.78 is 10.0. The van der Waals surface area contributed by atoms with Gasteiger partial charge in [-0.05, 0) is 18.6 Å². The van der Waals surface area contributed by atoms with Crippen LogP contribution in [0.25, 0.3) is 0 Å². The molecule has 2 aliphatic heterocycles. The van der Waals surface area contributed by atoms with E-state index in [2.05, 4.69) is 0 Å². The summed E-state index contributed by atoms with van der Waals surface area (Å²) in [7, 11) is 1.26. The average molecular weight is 272 g/mol. The largest absolute Gasteiger partial charge is 0.452 e. The van der Waals surface area contributed by atoms with Crippen LogP contribution in [0, 0.1) is 17.2 Å². The third kappa shape index (κ3) is 1.27. The highest BCUT2D eigenvalue weighted by Crippen LogP contribution is 2.53. The molecule has 20 heavy (non-hydrogen) atoms. The predicted octanol–water partition coefficient (Wildman–Crippen LogP) is 1.55. The Labute approximate surface area is 115 Å². The third-order valence-electron chi connectivity index (χ3n) is 4.06. The maximum absolute atomic E-state index is 12.0. The molecule has 6 nitrogen and oxygen atoms in total. The lowest BCUT2D eigenvalue weighted by Crippen LogP contribution is -2.45.